The number of anilines is 1. The highest BCUT2D eigenvalue weighted by Gasteiger charge is 2.28. The first-order valence-corrected chi connectivity index (χ1v) is 12.0. The number of carbonyl (C=O) groups is 3. The molecule has 188 valence electrons. The van der Waals surface area contributed by atoms with Crippen molar-refractivity contribution in [2.75, 3.05) is 5.32 Å². The molecule has 10 heteroatoms. The van der Waals surface area contributed by atoms with Crippen LogP contribution in [0.3, 0.4) is 0 Å². The smallest absolute Gasteiger partial charge is 0.408 e. The molecule has 0 aliphatic rings. The van der Waals surface area contributed by atoms with Gasteiger partial charge in [0, 0.05) is 10.7 Å². The van der Waals surface area contributed by atoms with Crippen LogP contribution in [0, 0.1) is 5.92 Å². The summed E-state index contributed by atoms with van der Waals surface area (Å²) >= 11 is 18.0. The summed E-state index contributed by atoms with van der Waals surface area (Å²) in [5.41, 5.74) is 1.20. The lowest BCUT2D eigenvalue weighted by molar-refractivity contribution is -0.137. The highest BCUT2D eigenvalue weighted by molar-refractivity contribution is 6.42. The van der Waals surface area contributed by atoms with E-state index in [-0.39, 0.29) is 33.9 Å². The Bertz CT molecular complexity index is 1250. The third-order valence-electron chi connectivity index (χ3n) is 4.98. The minimum Gasteiger partial charge on any atom is -0.445 e. The number of hydrogen-bond donors (Lipinski definition) is 2. The van der Waals surface area contributed by atoms with Gasteiger partial charge in [0.05, 0.1) is 15.6 Å². The molecule has 0 aromatic heterocycles. The number of esters is 1. The maximum atomic E-state index is 13.0. The van der Waals surface area contributed by atoms with Crippen molar-refractivity contribution in [3.05, 3.63) is 92.9 Å². The van der Waals surface area contributed by atoms with Crippen LogP contribution in [0.15, 0.2) is 66.7 Å². The number of rotatable bonds is 8. The van der Waals surface area contributed by atoms with Crippen LogP contribution in [0.5, 0.6) is 5.75 Å². The zero-order valence-corrected chi connectivity index (χ0v) is 21.7. The largest absolute Gasteiger partial charge is 0.445 e. The molecule has 0 saturated carbocycles. The molecule has 0 aliphatic heterocycles. The molecule has 0 unspecified atom stereocenters. The van der Waals surface area contributed by atoms with Gasteiger partial charge < -0.3 is 20.1 Å². The fraction of sp³-hybridized carbons (Fsp3) is 0.192. The van der Waals surface area contributed by atoms with Gasteiger partial charge in [-0.25, -0.2) is 9.59 Å². The van der Waals surface area contributed by atoms with Gasteiger partial charge >= 0.3 is 12.1 Å². The lowest BCUT2D eigenvalue weighted by atomic mass is 10.0. The van der Waals surface area contributed by atoms with Crippen LogP contribution in [0.25, 0.3) is 0 Å². The maximum Gasteiger partial charge on any atom is 0.408 e. The van der Waals surface area contributed by atoms with E-state index in [1.54, 1.807) is 19.9 Å². The summed E-state index contributed by atoms with van der Waals surface area (Å²) in [7, 11) is 0. The molecule has 0 bridgehead atoms. The van der Waals surface area contributed by atoms with Crippen LogP contribution in [0.4, 0.5) is 10.5 Å². The molecule has 0 radical (unpaired) electrons. The summed E-state index contributed by atoms with van der Waals surface area (Å²) in [6.07, 6.45) is -0.775. The Labute approximate surface area is 223 Å². The van der Waals surface area contributed by atoms with Gasteiger partial charge in [-0.1, -0.05) is 79.0 Å². The molecule has 2 N–H and O–H groups in total. The Hall–Kier alpha value is -3.26. The molecule has 1 atom stereocenters. The van der Waals surface area contributed by atoms with Crippen molar-refractivity contribution in [2.24, 2.45) is 5.92 Å². The first-order valence-electron chi connectivity index (χ1n) is 10.9. The van der Waals surface area contributed by atoms with E-state index in [0.717, 1.165) is 5.56 Å². The molecular formula is C26H23Cl3N2O5. The van der Waals surface area contributed by atoms with Crippen molar-refractivity contribution in [1.29, 1.82) is 0 Å². The predicted octanol–water partition coefficient (Wildman–Crippen LogP) is 6.76. The molecule has 3 rings (SSSR count). The summed E-state index contributed by atoms with van der Waals surface area (Å²) in [6.45, 7) is 3.52. The lowest BCUT2D eigenvalue weighted by Crippen LogP contribution is -2.46. The third-order valence-corrected chi connectivity index (χ3v) is 5.96. The average molecular weight is 550 g/mol. The van der Waals surface area contributed by atoms with Crippen molar-refractivity contribution in [3.8, 4) is 5.75 Å². The zero-order valence-electron chi connectivity index (χ0n) is 19.4. The van der Waals surface area contributed by atoms with E-state index < -0.39 is 24.0 Å². The summed E-state index contributed by atoms with van der Waals surface area (Å²) in [5, 5.41) is 6.05. The van der Waals surface area contributed by atoms with Crippen LogP contribution in [0.1, 0.15) is 29.8 Å². The molecular weight excluding hydrogens is 527 g/mol. The molecule has 0 spiro atoms. The number of alkyl carbamates (subject to hydrolysis) is 1. The number of amides is 2. The Morgan fingerprint density at radius 1 is 0.889 bits per heavy atom. The second-order valence-electron chi connectivity index (χ2n) is 8.07. The maximum absolute atomic E-state index is 13.0. The van der Waals surface area contributed by atoms with Gasteiger partial charge in [0.2, 0.25) is 0 Å². The average Bonchev–Trinajstić information content (AvgIpc) is 2.85. The standard InChI is InChI=1S/C26H23Cl3N2O5/c1-15(2)23(31-26(34)35-14-16-6-4-3-5-7-16)25(33)36-22-11-8-17(27)12-19(22)24(32)30-18-9-10-20(28)21(29)13-18/h3-13,15,23H,14H2,1-2H3,(H,30,32)(H,31,34)/t23-/m1/s1. The molecule has 0 aliphatic carbocycles. The summed E-state index contributed by atoms with van der Waals surface area (Å²) < 4.78 is 10.7. The zero-order chi connectivity index (χ0) is 26.2. The van der Waals surface area contributed by atoms with E-state index in [2.05, 4.69) is 10.6 Å². The summed E-state index contributed by atoms with van der Waals surface area (Å²) in [4.78, 5) is 38.2. The molecule has 0 saturated heterocycles. The van der Waals surface area contributed by atoms with Gasteiger partial charge in [-0.3, -0.25) is 4.79 Å². The first kappa shape index (κ1) is 27.3. The number of ether oxygens (including phenoxy) is 2. The van der Waals surface area contributed by atoms with Gasteiger partial charge in [-0.05, 0) is 47.9 Å². The Balaban J connectivity index is 1.71. The van der Waals surface area contributed by atoms with Crippen molar-refractivity contribution in [1.82, 2.24) is 5.32 Å². The predicted molar refractivity (Wildman–Crippen MR) is 140 cm³/mol. The van der Waals surface area contributed by atoms with Crippen LogP contribution in [0.2, 0.25) is 15.1 Å². The van der Waals surface area contributed by atoms with Crippen LogP contribution >= 0.6 is 34.8 Å². The first-order chi connectivity index (χ1) is 17.1. The van der Waals surface area contributed by atoms with Crippen molar-refractivity contribution >= 4 is 58.5 Å². The van der Waals surface area contributed by atoms with E-state index in [1.165, 1.54) is 30.3 Å². The van der Waals surface area contributed by atoms with E-state index in [9.17, 15) is 14.4 Å². The summed E-state index contributed by atoms with van der Waals surface area (Å²) in [6, 6.07) is 16.9. The Kier molecular flexibility index (Phi) is 9.58. The van der Waals surface area contributed by atoms with Gasteiger partial charge in [0.1, 0.15) is 18.4 Å². The molecule has 2 amide bonds. The molecule has 0 fully saturated rings. The number of nitrogens with one attached hydrogen (secondary N) is 2. The number of carbonyl (C=O) groups excluding carboxylic acids is 3. The van der Waals surface area contributed by atoms with Crippen LogP contribution < -0.4 is 15.4 Å². The third kappa shape index (κ3) is 7.62. The van der Waals surface area contributed by atoms with Crippen molar-refractivity contribution in [3.63, 3.8) is 0 Å². The normalized spacial score (nSPS) is 11.5. The Morgan fingerprint density at radius 2 is 1.61 bits per heavy atom. The second-order valence-corrected chi connectivity index (χ2v) is 9.32. The SMILES string of the molecule is CC(C)[C@@H](NC(=O)OCc1ccccc1)C(=O)Oc1ccc(Cl)cc1C(=O)Nc1ccc(Cl)c(Cl)c1. The monoisotopic (exact) mass is 548 g/mol. The molecule has 7 nitrogen and oxygen atoms in total. The fourth-order valence-corrected chi connectivity index (χ4v) is 3.57. The number of hydrogen-bond acceptors (Lipinski definition) is 5. The minimum absolute atomic E-state index is 0.0103. The molecule has 3 aromatic carbocycles. The van der Waals surface area contributed by atoms with Crippen LogP contribution in [-0.2, 0) is 16.1 Å². The fourth-order valence-electron chi connectivity index (χ4n) is 3.10. The van der Waals surface area contributed by atoms with Crippen molar-refractivity contribution < 1.29 is 23.9 Å². The molecule has 0 heterocycles. The van der Waals surface area contributed by atoms with Gasteiger partial charge in [-0.2, -0.15) is 0 Å². The number of halogens is 3. The topological polar surface area (TPSA) is 93.7 Å². The second kappa shape index (κ2) is 12.6. The number of benzene rings is 3. The lowest BCUT2D eigenvalue weighted by Gasteiger charge is -2.21. The van der Waals surface area contributed by atoms with E-state index in [1.807, 2.05) is 30.3 Å². The molecule has 3 aromatic rings. The van der Waals surface area contributed by atoms with E-state index in [4.69, 9.17) is 44.3 Å². The summed E-state index contributed by atoms with van der Waals surface area (Å²) in [5.74, 6) is -1.72. The van der Waals surface area contributed by atoms with Crippen molar-refractivity contribution in [2.45, 2.75) is 26.5 Å². The Morgan fingerprint density at radius 3 is 2.28 bits per heavy atom. The van der Waals surface area contributed by atoms with E-state index in [0.29, 0.717) is 10.7 Å². The highest BCUT2D eigenvalue weighted by Crippen LogP contribution is 2.28. The van der Waals surface area contributed by atoms with E-state index >= 15 is 0 Å². The van der Waals surface area contributed by atoms with Gasteiger partial charge in [-0.15, -0.1) is 0 Å². The van der Waals surface area contributed by atoms with Gasteiger partial charge in [0.15, 0.2) is 0 Å². The quantitative estimate of drug-likeness (QED) is 0.239. The van der Waals surface area contributed by atoms with Gasteiger partial charge in [0.25, 0.3) is 5.91 Å². The molecule has 36 heavy (non-hydrogen) atoms. The minimum atomic E-state index is -1.03. The highest BCUT2D eigenvalue weighted by atomic mass is 35.5. The van der Waals surface area contributed by atoms with Crippen LogP contribution in [-0.4, -0.2) is 24.0 Å².